The van der Waals surface area contributed by atoms with E-state index in [0.717, 1.165) is 31.7 Å². The minimum atomic E-state index is -0.249. The number of primary amides is 1. The number of likely N-dealkylation sites (tertiary alicyclic amines) is 1. The predicted molar refractivity (Wildman–Crippen MR) is 66.5 cm³/mol. The largest absolute Gasteiger partial charge is 0.369 e. The molecule has 1 aliphatic heterocycles. The molecule has 0 bridgehead atoms. The van der Waals surface area contributed by atoms with Crippen molar-refractivity contribution in [3.05, 3.63) is 24.4 Å². The maximum Gasteiger partial charge on any atom is 0.231 e. The number of piperidine rings is 1. The molecule has 1 saturated heterocycles. The summed E-state index contributed by atoms with van der Waals surface area (Å²) in [4.78, 5) is 17.1. The number of rotatable bonds is 4. The second-order valence-electron chi connectivity index (χ2n) is 4.38. The van der Waals surface area contributed by atoms with Crippen LogP contribution in [0.5, 0.6) is 0 Å². The van der Waals surface area contributed by atoms with Crippen LogP contribution in [0.4, 0.5) is 5.82 Å². The Labute approximate surface area is 101 Å². The van der Waals surface area contributed by atoms with Crippen LogP contribution in [0.2, 0.25) is 0 Å². The van der Waals surface area contributed by atoms with Crippen molar-refractivity contribution in [1.82, 2.24) is 9.88 Å². The minimum absolute atomic E-state index is 0.249. The summed E-state index contributed by atoms with van der Waals surface area (Å²) in [5, 5.41) is 3.40. The highest BCUT2D eigenvalue weighted by Gasteiger charge is 2.19. The summed E-state index contributed by atoms with van der Waals surface area (Å²) in [6.45, 7) is 2.19. The van der Waals surface area contributed by atoms with Crippen LogP contribution >= 0.6 is 0 Å². The number of nitrogens with two attached hydrogens (primary N) is 1. The van der Waals surface area contributed by atoms with Crippen LogP contribution in [0.3, 0.4) is 0 Å². The van der Waals surface area contributed by atoms with Gasteiger partial charge >= 0.3 is 0 Å². The molecule has 0 aromatic carbocycles. The van der Waals surface area contributed by atoms with E-state index in [-0.39, 0.29) is 5.91 Å². The van der Waals surface area contributed by atoms with Gasteiger partial charge in [-0.25, -0.2) is 4.98 Å². The van der Waals surface area contributed by atoms with Crippen molar-refractivity contribution in [2.45, 2.75) is 18.9 Å². The van der Waals surface area contributed by atoms with E-state index >= 15 is 0 Å². The molecule has 1 fully saturated rings. The number of aromatic nitrogens is 1. The summed E-state index contributed by atoms with van der Waals surface area (Å²) in [5.41, 5.74) is 5.18. The van der Waals surface area contributed by atoms with Crippen molar-refractivity contribution in [3.8, 4) is 0 Å². The lowest BCUT2D eigenvalue weighted by atomic mass is 10.1. The highest BCUT2D eigenvalue weighted by molar-refractivity contribution is 5.75. The van der Waals surface area contributed by atoms with Crippen LogP contribution in [0.1, 0.15) is 12.8 Å². The lowest BCUT2D eigenvalue weighted by molar-refractivity contribution is -0.119. The average molecular weight is 234 g/mol. The van der Waals surface area contributed by atoms with Crippen LogP contribution < -0.4 is 11.1 Å². The quantitative estimate of drug-likeness (QED) is 0.793. The van der Waals surface area contributed by atoms with Gasteiger partial charge in [-0.05, 0) is 25.0 Å². The van der Waals surface area contributed by atoms with Crippen LogP contribution in [0.15, 0.2) is 24.4 Å². The van der Waals surface area contributed by atoms with E-state index in [1.165, 1.54) is 0 Å². The van der Waals surface area contributed by atoms with Crippen LogP contribution in [-0.4, -0.2) is 41.5 Å². The maximum absolute atomic E-state index is 10.8. The lowest BCUT2D eigenvalue weighted by Gasteiger charge is -2.31. The Morgan fingerprint density at radius 3 is 2.82 bits per heavy atom. The van der Waals surface area contributed by atoms with E-state index in [2.05, 4.69) is 15.2 Å². The second kappa shape index (κ2) is 5.63. The van der Waals surface area contributed by atoms with Gasteiger partial charge in [0.2, 0.25) is 5.91 Å². The number of carbonyl (C=O) groups is 1. The first-order chi connectivity index (χ1) is 8.24. The van der Waals surface area contributed by atoms with E-state index in [1.807, 2.05) is 18.2 Å². The van der Waals surface area contributed by atoms with Gasteiger partial charge in [-0.2, -0.15) is 0 Å². The molecule has 0 spiro atoms. The molecule has 92 valence electrons. The normalized spacial score (nSPS) is 17.9. The molecule has 5 nitrogen and oxygen atoms in total. The zero-order valence-electron chi connectivity index (χ0n) is 9.80. The zero-order valence-corrected chi connectivity index (χ0v) is 9.80. The molecule has 1 aliphatic rings. The standard InChI is InChI=1S/C12H18N4O/c13-11(17)9-16-7-4-10(5-8-16)15-12-3-1-2-6-14-12/h1-3,6,10H,4-5,7-9H2,(H2,13,17)(H,14,15). The van der Waals surface area contributed by atoms with Crippen LogP contribution in [-0.2, 0) is 4.79 Å². The minimum Gasteiger partial charge on any atom is -0.369 e. The first kappa shape index (κ1) is 11.9. The second-order valence-corrected chi connectivity index (χ2v) is 4.38. The molecule has 3 N–H and O–H groups in total. The first-order valence-electron chi connectivity index (χ1n) is 5.92. The van der Waals surface area contributed by atoms with E-state index < -0.39 is 0 Å². The van der Waals surface area contributed by atoms with Gasteiger partial charge in [0.15, 0.2) is 0 Å². The van der Waals surface area contributed by atoms with Gasteiger partial charge in [-0.1, -0.05) is 6.07 Å². The smallest absolute Gasteiger partial charge is 0.231 e. The Kier molecular flexibility index (Phi) is 3.93. The van der Waals surface area contributed by atoms with Gasteiger partial charge in [0.1, 0.15) is 5.82 Å². The summed E-state index contributed by atoms with van der Waals surface area (Å²) in [7, 11) is 0. The number of nitrogens with zero attached hydrogens (tertiary/aromatic N) is 2. The van der Waals surface area contributed by atoms with Crippen molar-refractivity contribution < 1.29 is 4.79 Å². The molecule has 17 heavy (non-hydrogen) atoms. The van der Waals surface area contributed by atoms with Crippen molar-refractivity contribution in [1.29, 1.82) is 0 Å². The Bertz CT molecular complexity index is 360. The van der Waals surface area contributed by atoms with Crippen molar-refractivity contribution in [2.24, 2.45) is 5.73 Å². The van der Waals surface area contributed by atoms with Gasteiger partial charge < -0.3 is 11.1 Å². The van der Waals surface area contributed by atoms with Gasteiger partial charge in [-0.15, -0.1) is 0 Å². The van der Waals surface area contributed by atoms with Gasteiger partial charge in [0, 0.05) is 25.3 Å². The Hall–Kier alpha value is -1.62. The number of nitrogens with one attached hydrogen (secondary N) is 1. The van der Waals surface area contributed by atoms with Crippen LogP contribution in [0.25, 0.3) is 0 Å². The number of amides is 1. The number of anilines is 1. The van der Waals surface area contributed by atoms with E-state index in [0.29, 0.717) is 12.6 Å². The molecule has 2 heterocycles. The van der Waals surface area contributed by atoms with E-state index in [9.17, 15) is 4.79 Å². The lowest BCUT2D eigenvalue weighted by Crippen LogP contribution is -2.43. The number of carbonyl (C=O) groups excluding carboxylic acids is 1. The van der Waals surface area contributed by atoms with Gasteiger partial charge in [-0.3, -0.25) is 9.69 Å². The van der Waals surface area contributed by atoms with Crippen molar-refractivity contribution in [3.63, 3.8) is 0 Å². The Balaban J connectivity index is 1.78. The fourth-order valence-electron chi connectivity index (χ4n) is 2.11. The third kappa shape index (κ3) is 3.71. The number of hydrogen-bond acceptors (Lipinski definition) is 4. The molecule has 5 heteroatoms. The predicted octanol–water partition coefficient (Wildman–Crippen LogP) is 0.443. The molecular formula is C12H18N4O. The number of hydrogen-bond donors (Lipinski definition) is 2. The third-order valence-electron chi connectivity index (χ3n) is 2.98. The topological polar surface area (TPSA) is 71.2 Å². The Morgan fingerprint density at radius 1 is 1.47 bits per heavy atom. The summed E-state index contributed by atoms with van der Waals surface area (Å²) in [6, 6.07) is 6.28. The molecule has 2 rings (SSSR count). The molecule has 0 unspecified atom stereocenters. The summed E-state index contributed by atoms with van der Waals surface area (Å²) < 4.78 is 0. The highest BCUT2D eigenvalue weighted by Crippen LogP contribution is 2.14. The first-order valence-corrected chi connectivity index (χ1v) is 5.92. The Morgan fingerprint density at radius 2 is 2.24 bits per heavy atom. The molecule has 1 aromatic heterocycles. The summed E-state index contributed by atoms with van der Waals surface area (Å²) >= 11 is 0. The average Bonchev–Trinajstić information content (AvgIpc) is 2.32. The molecular weight excluding hydrogens is 216 g/mol. The monoisotopic (exact) mass is 234 g/mol. The van der Waals surface area contributed by atoms with E-state index in [1.54, 1.807) is 6.20 Å². The molecule has 0 aliphatic carbocycles. The van der Waals surface area contributed by atoms with Crippen LogP contribution in [0, 0.1) is 0 Å². The van der Waals surface area contributed by atoms with Crippen molar-refractivity contribution >= 4 is 11.7 Å². The zero-order chi connectivity index (χ0) is 12.1. The molecule has 0 atom stereocenters. The summed E-state index contributed by atoms with van der Waals surface area (Å²) in [5.74, 6) is 0.669. The van der Waals surface area contributed by atoms with Crippen molar-refractivity contribution in [2.75, 3.05) is 25.0 Å². The fraction of sp³-hybridized carbons (Fsp3) is 0.500. The van der Waals surface area contributed by atoms with Gasteiger partial charge in [0.05, 0.1) is 6.54 Å². The molecule has 1 aromatic rings. The fourth-order valence-corrected chi connectivity index (χ4v) is 2.11. The molecule has 0 saturated carbocycles. The summed E-state index contributed by atoms with van der Waals surface area (Å²) in [6.07, 6.45) is 3.82. The third-order valence-corrected chi connectivity index (χ3v) is 2.98. The SMILES string of the molecule is NC(=O)CN1CCC(Nc2ccccn2)CC1. The van der Waals surface area contributed by atoms with E-state index in [4.69, 9.17) is 5.73 Å². The number of pyridine rings is 1. The highest BCUT2D eigenvalue weighted by atomic mass is 16.1. The molecule has 0 radical (unpaired) electrons. The van der Waals surface area contributed by atoms with Gasteiger partial charge in [0.25, 0.3) is 0 Å². The molecule has 1 amide bonds. The maximum atomic E-state index is 10.8.